The molecule has 0 fully saturated rings. The molecule has 0 atom stereocenters. The number of hydrogen-bond acceptors (Lipinski definition) is 3. The smallest absolute Gasteiger partial charge is 0.122 e. The predicted octanol–water partition coefficient (Wildman–Crippen LogP) is 2.55. The third kappa shape index (κ3) is 3.35. The van der Waals surface area contributed by atoms with Crippen LogP contribution in [0.2, 0.25) is 0 Å². The normalized spacial score (nSPS) is 10.7. The van der Waals surface area contributed by atoms with Crippen molar-refractivity contribution in [2.45, 2.75) is 0 Å². The second-order valence-corrected chi connectivity index (χ2v) is 4.15. The van der Waals surface area contributed by atoms with Crippen molar-refractivity contribution in [3.63, 3.8) is 0 Å². The molecule has 0 saturated carbocycles. The van der Waals surface area contributed by atoms with Crippen molar-refractivity contribution in [2.24, 2.45) is 5.73 Å². The van der Waals surface area contributed by atoms with Crippen LogP contribution in [0.25, 0.3) is 12.2 Å². The van der Waals surface area contributed by atoms with Gasteiger partial charge >= 0.3 is 0 Å². The van der Waals surface area contributed by atoms with E-state index in [9.17, 15) is 10.2 Å². The Morgan fingerprint density at radius 2 is 1.42 bits per heavy atom. The van der Waals surface area contributed by atoms with Crippen LogP contribution in [0.3, 0.4) is 0 Å². The Morgan fingerprint density at radius 1 is 0.895 bits per heavy atom. The summed E-state index contributed by atoms with van der Waals surface area (Å²) in [6.45, 7) is 0. The van der Waals surface area contributed by atoms with Crippen molar-refractivity contribution in [3.8, 4) is 11.5 Å². The zero-order valence-corrected chi connectivity index (χ0v) is 10.2. The summed E-state index contributed by atoms with van der Waals surface area (Å²) >= 11 is 0. The van der Waals surface area contributed by atoms with E-state index in [2.05, 4.69) is 0 Å². The van der Waals surface area contributed by atoms with Crippen LogP contribution in [0.15, 0.2) is 42.5 Å². The number of hydrogen-bond donors (Lipinski definition) is 4. The second kappa shape index (κ2) is 5.27. The fourth-order valence-corrected chi connectivity index (χ4v) is 1.68. The highest BCUT2D eigenvalue weighted by Crippen LogP contribution is 2.21. The van der Waals surface area contributed by atoms with Gasteiger partial charge in [0.25, 0.3) is 0 Å². The van der Waals surface area contributed by atoms with E-state index in [-0.39, 0.29) is 17.3 Å². The molecule has 2 rings (SSSR count). The van der Waals surface area contributed by atoms with Gasteiger partial charge in [0.15, 0.2) is 0 Å². The van der Waals surface area contributed by atoms with E-state index in [4.69, 9.17) is 11.1 Å². The van der Waals surface area contributed by atoms with E-state index in [1.54, 1.807) is 30.3 Å². The lowest BCUT2D eigenvalue weighted by Gasteiger charge is -2.00. The van der Waals surface area contributed by atoms with Gasteiger partial charge in [0.2, 0.25) is 0 Å². The van der Waals surface area contributed by atoms with Gasteiger partial charge in [-0.3, -0.25) is 5.41 Å². The number of nitrogens with one attached hydrogen (secondary N) is 1. The Labute approximate surface area is 111 Å². The Hall–Kier alpha value is -2.75. The molecule has 0 amide bonds. The van der Waals surface area contributed by atoms with E-state index >= 15 is 0 Å². The van der Waals surface area contributed by atoms with E-state index in [1.165, 1.54) is 6.07 Å². The third-order valence-electron chi connectivity index (χ3n) is 2.61. The largest absolute Gasteiger partial charge is 0.508 e. The van der Waals surface area contributed by atoms with Gasteiger partial charge in [0, 0.05) is 11.6 Å². The molecule has 19 heavy (non-hydrogen) atoms. The Bertz CT molecular complexity index is 611. The maximum absolute atomic E-state index is 9.36. The minimum Gasteiger partial charge on any atom is -0.508 e. The summed E-state index contributed by atoms with van der Waals surface area (Å²) < 4.78 is 0. The van der Waals surface area contributed by atoms with Crippen LogP contribution in [0.4, 0.5) is 0 Å². The first-order valence-electron chi connectivity index (χ1n) is 5.70. The van der Waals surface area contributed by atoms with Gasteiger partial charge in [0.05, 0.1) is 0 Å². The van der Waals surface area contributed by atoms with Crippen molar-refractivity contribution in [1.82, 2.24) is 0 Å². The number of benzene rings is 2. The number of amidine groups is 1. The minimum atomic E-state index is 0.0200. The zero-order chi connectivity index (χ0) is 13.8. The number of aromatic hydroxyl groups is 2. The molecule has 0 aliphatic heterocycles. The number of phenols is 2. The molecule has 4 heteroatoms. The molecule has 0 spiro atoms. The lowest BCUT2D eigenvalue weighted by Crippen LogP contribution is -2.10. The van der Waals surface area contributed by atoms with Crippen LogP contribution in [0.1, 0.15) is 16.7 Å². The quantitative estimate of drug-likeness (QED) is 0.385. The molecule has 0 bridgehead atoms. The molecule has 2 aromatic carbocycles. The van der Waals surface area contributed by atoms with E-state index in [0.717, 1.165) is 5.56 Å². The predicted molar refractivity (Wildman–Crippen MR) is 76.2 cm³/mol. The lowest BCUT2D eigenvalue weighted by atomic mass is 10.1. The van der Waals surface area contributed by atoms with Crippen molar-refractivity contribution in [2.75, 3.05) is 0 Å². The second-order valence-electron chi connectivity index (χ2n) is 4.15. The lowest BCUT2D eigenvalue weighted by molar-refractivity contribution is 0.450. The maximum Gasteiger partial charge on any atom is 0.122 e. The number of nitrogens with two attached hydrogens (primary N) is 1. The van der Waals surface area contributed by atoms with Gasteiger partial charge < -0.3 is 15.9 Å². The van der Waals surface area contributed by atoms with Crippen LogP contribution in [0.5, 0.6) is 11.5 Å². The molecule has 0 aliphatic carbocycles. The summed E-state index contributed by atoms with van der Waals surface area (Å²) in [6, 6.07) is 11.6. The number of rotatable bonds is 3. The average molecular weight is 254 g/mol. The summed E-state index contributed by atoms with van der Waals surface area (Å²) in [6.07, 6.45) is 3.63. The van der Waals surface area contributed by atoms with Crippen LogP contribution in [0, 0.1) is 5.41 Å². The van der Waals surface area contributed by atoms with Crippen molar-refractivity contribution < 1.29 is 10.2 Å². The molecule has 4 nitrogen and oxygen atoms in total. The number of nitrogen functional groups attached to an aromatic ring is 1. The third-order valence-corrected chi connectivity index (χ3v) is 2.61. The first-order chi connectivity index (χ1) is 9.04. The molecular weight excluding hydrogens is 240 g/mol. The monoisotopic (exact) mass is 254 g/mol. The summed E-state index contributed by atoms with van der Waals surface area (Å²) in [5, 5.41) is 26.0. The zero-order valence-electron chi connectivity index (χ0n) is 10.2. The first-order valence-corrected chi connectivity index (χ1v) is 5.70. The van der Waals surface area contributed by atoms with Crippen LogP contribution >= 0.6 is 0 Å². The Kier molecular flexibility index (Phi) is 3.52. The molecule has 2 aromatic rings. The van der Waals surface area contributed by atoms with Crippen LogP contribution < -0.4 is 5.73 Å². The Balaban J connectivity index is 2.20. The van der Waals surface area contributed by atoms with E-state index < -0.39 is 0 Å². The molecule has 0 radical (unpaired) electrons. The highest BCUT2D eigenvalue weighted by atomic mass is 16.3. The van der Waals surface area contributed by atoms with Crippen molar-refractivity contribution >= 4 is 18.0 Å². The molecule has 0 unspecified atom stereocenters. The molecule has 96 valence electrons. The summed E-state index contributed by atoms with van der Waals surface area (Å²) in [5.41, 5.74) is 7.68. The molecule has 0 aromatic heterocycles. The van der Waals surface area contributed by atoms with Gasteiger partial charge in [0.1, 0.15) is 17.3 Å². The van der Waals surface area contributed by atoms with Gasteiger partial charge in [-0.05, 0) is 23.3 Å². The van der Waals surface area contributed by atoms with Crippen molar-refractivity contribution in [1.29, 1.82) is 5.41 Å². The molecule has 0 aliphatic rings. The summed E-state index contributed by atoms with van der Waals surface area (Å²) in [5.74, 6) is 0.0755. The SMILES string of the molecule is N=C(N)c1ccc(/C=C/c2cc(O)cc(O)c2)cc1. The fraction of sp³-hybridized carbons (Fsp3) is 0. The topological polar surface area (TPSA) is 90.3 Å². The molecular formula is C15H14N2O2. The molecule has 0 saturated heterocycles. The van der Waals surface area contributed by atoms with Crippen LogP contribution in [-0.2, 0) is 0 Å². The standard InChI is InChI=1S/C15H14N2O2/c16-15(17)12-5-3-10(4-6-12)1-2-11-7-13(18)9-14(19)8-11/h1-9,18-19H,(H3,16,17)/b2-1+. The van der Waals surface area contributed by atoms with Gasteiger partial charge in [-0.1, -0.05) is 36.4 Å². The van der Waals surface area contributed by atoms with Crippen LogP contribution in [-0.4, -0.2) is 16.0 Å². The Morgan fingerprint density at radius 3 is 1.95 bits per heavy atom. The number of phenolic OH excluding ortho intramolecular Hbond substituents is 2. The van der Waals surface area contributed by atoms with E-state index in [0.29, 0.717) is 11.1 Å². The molecule has 0 heterocycles. The van der Waals surface area contributed by atoms with E-state index in [1.807, 2.05) is 18.2 Å². The highest BCUT2D eigenvalue weighted by molar-refractivity contribution is 5.95. The fourth-order valence-electron chi connectivity index (χ4n) is 1.68. The highest BCUT2D eigenvalue weighted by Gasteiger charge is 1.97. The van der Waals surface area contributed by atoms with Crippen molar-refractivity contribution in [3.05, 3.63) is 59.2 Å². The average Bonchev–Trinajstić information content (AvgIpc) is 2.36. The maximum atomic E-state index is 9.36. The van der Waals surface area contributed by atoms with Gasteiger partial charge in [-0.25, -0.2) is 0 Å². The molecule has 5 N–H and O–H groups in total. The first kappa shape index (κ1) is 12.7. The summed E-state index contributed by atoms with van der Waals surface area (Å²) in [4.78, 5) is 0. The van der Waals surface area contributed by atoms with Gasteiger partial charge in [-0.15, -0.1) is 0 Å². The van der Waals surface area contributed by atoms with Gasteiger partial charge in [-0.2, -0.15) is 0 Å². The summed E-state index contributed by atoms with van der Waals surface area (Å²) in [7, 11) is 0. The minimum absolute atomic E-state index is 0.0200.